The number of rotatable bonds is 1. The maximum Gasteiger partial charge on any atom is 0.136 e. The van der Waals surface area contributed by atoms with Crippen molar-refractivity contribution in [1.82, 2.24) is 14.8 Å². The first-order valence-corrected chi connectivity index (χ1v) is 7.19. The predicted molar refractivity (Wildman–Crippen MR) is 71.2 cm³/mol. The maximum absolute atomic E-state index is 6.24. The van der Waals surface area contributed by atoms with Gasteiger partial charge in [-0.2, -0.15) is 0 Å². The van der Waals surface area contributed by atoms with Crippen LogP contribution >= 0.6 is 0 Å². The first kappa shape index (κ1) is 12.2. The molecule has 0 bridgehead atoms. The summed E-state index contributed by atoms with van der Waals surface area (Å²) in [6.45, 7) is 8.08. The smallest absolute Gasteiger partial charge is 0.136 e. The summed E-state index contributed by atoms with van der Waals surface area (Å²) >= 11 is 0. The van der Waals surface area contributed by atoms with Gasteiger partial charge in [0.15, 0.2) is 0 Å². The van der Waals surface area contributed by atoms with E-state index in [1.165, 1.54) is 18.1 Å². The van der Waals surface area contributed by atoms with Crippen LogP contribution in [0.25, 0.3) is 0 Å². The Hall–Kier alpha value is -0.900. The fourth-order valence-corrected chi connectivity index (χ4v) is 3.74. The molecule has 1 aromatic rings. The molecule has 1 fully saturated rings. The zero-order chi connectivity index (χ0) is 12.9. The fourth-order valence-electron chi connectivity index (χ4n) is 3.74. The molecule has 4 nitrogen and oxygen atoms in total. The Bertz CT molecular complexity index is 449. The molecule has 2 aliphatic rings. The van der Waals surface area contributed by atoms with E-state index in [0.717, 1.165) is 25.8 Å². The standard InChI is InChI=1S/C14H24N4/c1-9-11(15)7-6-10(14(9,2)3)13-17-16-12-5-4-8-18(12)13/h9-11H,4-8,15H2,1-3H3. The molecule has 2 N–H and O–H groups in total. The number of fused-ring (bicyclic) bond motifs is 1. The molecule has 0 radical (unpaired) electrons. The molecule has 1 aliphatic heterocycles. The van der Waals surface area contributed by atoms with E-state index in [0.29, 0.717) is 17.9 Å². The summed E-state index contributed by atoms with van der Waals surface area (Å²) < 4.78 is 2.36. The summed E-state index contributed by atoms with van der Waals surface area (Å²) in [6.07, 6.45) is 4.57. The largest absolute Gasteiger partial charge is 0.327 e. The summed E-state index contributed by atoms with van der Waals surface area (Å²) in [5.74, 6) is 3.44. The van der Waals surface area contributed by atoms with Gasteiger partial charge in [0.2, 0.25) is 0 Å². The molecule has 1 aliphatic carbocycles. The lowest BCUT2D eigenvalue weighted by molar-refractivity contribution is 0.0927. The second-order valence-corrected chi connectivity index (χ2v) is 6.63. The van der Waals surface area contributed by atoms with Gasteiger partial charge in [0.05, 0.1) is 0 Å². The van der Waals surface area contributed by atoms with Crippen LogP contribution in [0.4, 0.5) is 0 Å². The molecule has 3 rings (SSSR count). The summed E-state index contributed by atoms with van der Waals surface area (Å²) in [5, 5.41) is 8.85. The van der Waals surface area contributed by atoms with Crippen molar-refractivity contribution in [3.63, 3.8) is 0 Å². The Balaban J connectivity index is 1.96. The molecule has 1 aromatic heterocycles. The first-order chi connectivity index (χ1) is 8.51. The van der Waals surface area contributed by atoms with E-state index in [4.69, 9.17) is 5.73 Å². The second kappa shape index (κ2) is 4.05. The van der Waals surface area contributed by atoms with Gasteiger partial charge in [0.1, 0.15) is 11.6 Å². The SMILES string of the molecule is CC1C(N)CCC(c2nnc3n2CCC3)C1(C)C. The molecular formula is C14H24N4. The van der Waals surface area contributed by atoms with Gasteiger partial charge in [0.25, 0.3) is 0 Å². The van der Waals surface area contributed by atoms with E-state index in [2.05, 4.69) is 35.5 Å². The predicted octanol–water partition coefficient (Wildman–Crippen LogP) is 2.09. The monoisotopic (exact) mass is 248 g/mol. The molecule has 18 heavy (non-hydrogen) atoms. The number of hydrogen-bond acceptors (Lipinski definition) is 3. The van der Waals surface area contributed by atoms with Crippen LogP contribution in [0.2, 0.25) is 0 Å². The van der Waals surface area contributed by atoms with E-state index >= 15 is 0 Å². The third-order valence-corrected chi connectivity index (χ3v) is 5.45. The van der Waals surface area contributed by atoms with E-state index in [9.17, 15) is 0 Å². The van der Waals surface area contributed by atoms with Crippen LogP contribution in [-0.2, 0) is 13.0 Å². The van der Waals surface area contributed by atoms with Crippen molar-refractivity contribution in [3.8, 4) is 0 Å². The highest BCUT2D eigenvalue weighted by atomic mass is 15.3. The Morgan fingerprint density at radius 3 is 2.83 bits per heavy atom. The Morgan fingerprint density at radius 2 is 2.06 bits per heavy atom. The molecule has 0 spiro atoms. The van der Waals surface area contributed by atoms with Crippen LogP contribution in [0, 0.1) is 11.3 Å². The molecular weight excluding hydrogens is 224 g/mol. The Labute approximate surface area is 109 Å². The van der Waals surface area contributed by atoms with Crippen molar-refractivity contribution in [1.29, 1.82) is 0 Å². The molecule has 2 heterocycles. The molecule has 0 aromatic carbocycles. The Kier molecular flexibility index (Phi) is 2.73. The number of aryl methyl sites for hydroxylation is 1. The number of nitrogens with zero attached hydrogens (tertiary/aromatic N) is 3. The molecule has 0 amide bonds. The minimum absolute atomic E-state index is 0.212. The van der Waals surface area contributed by atoms with Gasteiger partial charge in [-0.3, -0.25) is 0 Å². The number of hydrogen-bond donors (Lipinski definition) is 1. The van der Waals surface area contributed by atoms with Crippen LogP contribution in [-0.4, -0.2) is 20.8 Å². The lowest BCUT2D eigenvalue weighted by atomic mass is 9.61. The van der Waals surface area contributed by atoms with Crippen LogP contribution < -0.4 is 5.73 Å². The van der Waals surface area contributed by atoms with Crippen LogP contribution in [0.3, 0.4) is 0 Å². The van der Waals surface area contributed by atoms with Crippen LogP contribution in [0.1, 0.15) is 57.6 Å². The van der Waals surface area contributed by atoms with Crippen molar-refractivity contribution in [3.05, 3.63) is 11.6 Å². The lowest BCUT2D eigenvalue weighted by Gasteiger charge is -2.46. The topological polar surface area (TPSA) is 56.7 Å². The van der Waals surface area contributed by atoms with Gasteiger partial charge >= 0.3 is 0 Å². The van der Waals surface area contributed by atoms with E-state index in [1.54, 1.807) is 0 Å². The van der Waals surface area contributed by atoms with E-state index < -0.39 is 0 Å². The zero-order valence-corrected chi connectivity index (χ0v) is 11.7. The summed E-state index contributed by atoms with van der Waals surface area (Å²) in [5.41, 5.74) is 6.45. The van der Waals surface area contributed by atoms with Crippen molar-refractivity contribution >= 4 is 0 Å². The molecule has 4 heteroatoms. The molecule has 3 atom stereocenters. The summed E-state index contributed by atoms with van der Waals surface area (Å²) in [6, 6.07) is 0.331. The van der Waals surface area contributed by atoms with Crippen molar-refractivity contribution < 1.29 is 0 Å². The third-order valence-electron chi connectivity index (χ3n) is 5.45. The zero-order valence-electron chi connectivity index (χ0n) is 11.7. The minimum Gasteiger partial charge on any atom is -0.327 e. The van der Waals surface area contributed by atoms with Gasteiger partial charge in [-0.25, -0.2) is 0 Å². The molecule has 100 valence electrons. The van der Waals surface area contributed by atoms with Gasteiger partial charge in [-0.05, 0) is 30.6 Å². The second-order valence-electron chi connectivity index (χ2n) is 6.63. The minimum atomic E-state index is 0.212. The van der Waals surface area contributed by atoms with Gasteiger partial charge in [-0.1, -0.05) is 20.8 Å². The highest BCUT2D eigenvalue weighted by molar-refractivity contribution is 5.12. The van der Waals surface area contributed by atoms with Gasteiger partial charge in [0, 0.05) is 24.9 Å². The van der Waals surface area contributed by atoms with E-state index in [1.807, 2.05) is 0 Å². The van der Waals surface area contributed by atoms with Crippen LogP contribution in [0.15, 0.2) is 0 Å². The van der Waals surface area contributed by atoms with Crippen molar-refractivity contribution in [2.45, 2.75) is 65.0 Å². The highest BCUT2D eigenvalue weighted by Gasteiger charge is 2.44. The average Bonchev–Trinajstić information content (AvgIpc) is 2.89. The summed E-state index contributed by atoms with van der Waals surface area (Å²) in [7, 11) is 0. The maximum atomic E-state index is 6.24. The van der Waals surface area contributed by atoms with Crippen molar-refractivity contribution in [2.24, 2.45) is 17.1 Å². The normalized spacial score (nSPS) is 34.6. The quantitative estimate of drug-likeness (QED) is 0.828. The highest BCUT2D eigenvalue weighted by Crippen LogP contribution is 2.49. The van der Waals surface area contributed by atoms with Gasteiger partial charge < -0.3 is 10.3 Å². The third kappa shape index (κ3) is 1.62. The molecule has 1 saturated carbocycles. The van der Waals surface area contributed by atoms with Crippen molar-refractivity contribution in [2.75, 3.05) is 0 Å². The average molecular weight is 248 g/mol. The van der Waals surface area contributed by atoms with E-state index in [-0.39, 0.29) is 5.41 Å². The Morgan fingerprint density at radius 1 is 1.28 bits per heavy atom. The molecule has 3 unspecified atom stereocenters. The van der Waals surface area contributed by atoms with Gasteiger partial charge in [-0.15, -0.1) is 10.2 Å². The number of nitrogens with two attached hydrogens (primary N) is 1. The number of aromatic nitrogens is 3. The van der Waals surface area contributed by atoms with Crippen LogP contribution in [0.5, 0.6) is 0 Å². The first-order valence-electron chi connectivity index (χ1n) is 7.19. The fraction of sp³-hybridized carbons (Fsp3) is 0.857. The lowest BCUT2D eigenvalue weighted by Crippen LogP contribution is -2.46. The molecule has 0 saturated heterocycles. The summed E-state index contributed by atoms with van der Waals surface area (Å²) in [4.78, 5) is 0.